The number of thiazole rings is 1. The van der Waals surface area contributed by atoms with Crippen molar-refractivity contribution in [1.29, 1.82) is 0 Å². The molecule has 0 aliphatic carbocycles. The highest BCUT2D eigenvalue weighted by Crippen LogP contribution is 2.34. The number of rotatable bonds is 4. The average Bonchev–Trinajstić information content (AvgIpc) is 3.18. The number of hydrogen-bond donors (Lipinski definition) is 0. The third kappa shape index (κ3) is 4.13. The van der Waals surface area contributed by atoms with Crippen LogP contribution >= 0.6 is 27.3 Å². The lowest BCUT2D eigenvalue weighted by molar-refractivity contribution is 0.529. The minimum atomic E-state index is -3.31. The van der Waals surface area contributed by atoms with E-state index in [-0.39, 0.29) is 5.25 Å². The van der Waals surface area contributed by atoms with Gasteiger partial charge in [0.25, 0.3) is 0 Å². The molecule has 2 aromatic carbocycles. The van der Waals surface area contributed by atoms with Crippen LogP contribution in [0.5, 0.6) is 0 Å². The van der Waals surface area contributed by atoms with Gasteiger partial charge in [-0.15, -0.1) is 11.3 Å². The minimum Gasteiger partial charge on any atom is -0.348 e. The van der Waals surface area contributed by atoms with E-state index in [9.17, 15) is 8.42 Å². The molecular formula is C22H23BrN2O2S2. The fourth-order valence-electron chi connectivity index (χ4n) is 3.94. The lowest BCUT2D eigenvalue weighted by atomic mass is 10.0. The molecule has 0 atom stereocenters. The number of hydrogen-bond acceptors (Lipinski definition) is 5. The minimum absolute atomic E-state index is 0.342. The van der Waals surface area contributed by atoms with Gasteiger partial charge in [-0.25, -0.2) is 13.4 Å². The highest BCUT2D eigenvalue weighted by Gasteiger charge is 2.32. The molecule has 29 heavy (non-hydrogen) atoms. The zero-order valence-corrected chi connectivity index (χ0v) is 19.6. The van der Waals surface area contributed by atoms with Gasteiger partial charge in [0.15, 0.2) is 15.0 Å². The van der Waals surface area contributed by atoms with E-state index in [1.807, 2.05) is 6.07 Å². The van der Waals surface area contributed by atoms with Crippen LogP contribution in [0.25, 0.3) is 11.3 Å². The zero-order chi connectivity index (χ0) is 20.6. The molecule has 152 valence electrons. The van der Waals surface area contributed by atoms with E-state index in [4.69, 9.17) is 4.98 Å². The molecule has 1 fully saturated rings. The molecule has 0 bridgehead atoms. The summed E-state index contributed by atoms with van der Waals surface area (Å²) in [4.78, 5) is 7.49. The van der Waals surface area contributed by atoms with Crippen LogP contribution in [0.4, 0.5) is 5.13 Å². The highest BCUT2D eigenvalue weighted by molar-refractivity contribution is 9.10. The van der Waals surface area contributed by atoms with Crippen molar-refractivity contribution in [2.45, 2.75) is 36.8 Å². The van der Waals surface area contributed by atoms with E-state index in [1.54, 1.807) is 29.5 Å². The van der Waals surface area contributed by atoms with Gasteiger partial charge in [0.05, 0.1) is 15.8 Å². The van der Waals surface area contributed by atoms with Gasteiger partial charge < -0.3 is 4.90 Å². The predicted molar refractivity (Wildman–Crippen MR) is 124 cm³/mol. The summed E-state index contributed by atoms with van der Waals surface area (Å²) >= 11 is 5.01. The molecule has 0 amide bonds. The summed E-state index contributed by atoms with van der Waals surface area (Å²) in [5, 5.41) is 2.74. The molecule has 0 saturated carbocycles. The van der Waals surface area contributed by atoms with Crippen LogP contribution < -0.4 is 4.90 Å². The highest BCUT2D eigenvalue weighted by atomic mass is 79.9. The smallest absolute Gasteiger partial charge is 0.185 e. The van der Waals surface area contributed by atoms with Crippen molar-refractivity contribution in [3.63, 3.8) is 0 Å². The Labute approximate surface area is 184 Å². The molecule has 4 nitrogen and oxygen atoms in total. The van der Waals surface area contributed by atoms with Crippen molar-refractivity contribution in [3.05, 3.63) is 63.4 Å². The monoisotopic (exact) mass is 490 g/mol. The molecule has 4 rings (SSSR count). The lowest BCUT2D eigenvalue weighted by Gasteiger charge is -2.31. The molecule has 1 aliphatic rings. The Balaban J connectivity index is 1.49. The van der Waals surface area contributed by atoms with Crippen LogP contribution in [0.2, 0.25) is 0 Å². The van der Waals surface area contributed by atoms with Gasteiger partial charge in [-0.2, -0.15) is 0 Å². The van der Waals surface area contributed by atoms with Crippen molar-refractivity contribution in [3.8, 4) is 11.3 Å². The maximum atomic E-state index is 13.0. The number of piperidine rings is 1. The SMILES string of the molecule is Cc1cccc(C)c1-c1csc(N2CCC(S(=O)(=O)c3cccc(Br)c3)CC2)n1. The molecule has 3 aromatic rings. The fraction of sp³-hybridized carbons (Fsp3) is 0.318. The van der Waals surface area contributed by atoms with Crippen LogP contribution in [0.1, 0.15) is 24.0 Å². The largest absolute Gasteiger partial charge is 0.348 e. The van der Waals surface area contributed by atoms with Gasteiger partial charge in [0.2, 0.25) is 0 Å². The van der Waals surface area contributed by atoms with Crippen molar-refractivity contribution < 1.29 is 8.42 Å². The standard InChI is InChI=1S/C22H23BrN2O2S2/c1-15-5-3-6-16(2)21(15)20-14-28-22(24-20)25-11-9-18(10-12-25)29(26,27)19-8-4-7-17(23)13-19/h3-8,13-14,18H,9-12H2,1-2H3. The summed E-state index contributed by atoms with van der Waals surface area (Å²) in [6.07, 6.45) is 1.24. The van der Waals surface area contributed by atoms with E-state index in [0.29, 0.717) is 30.8 Å². The molecule has 1 aliphatic heterocycles. The van der Waals surface area contributed by atoms with Crippen LogP contribution in [-0.4, -0.2) is 31.7 Å². The third-order valence-corrected chi connectivity index (χ3v) is 9.16. The normalized spacial score (nSPS) is 15.6. The van der Waals surface area contributed by atoms with Gasteiger partial charge in [-0.3, -0.25) is 0 Å². The Kier molecular flexibility index (Phi) is 5.82. The number of aryl methyl sites for hydroxylation is 2. The summed E-state index contributed by atoms with van der Waals surface area (Å²) in [6.45, 7) is 5.63. The van der Waals surface area contributed by atoms with Gasteiger partial charge in [0.1, 0.15) is 0 Å². The van der Waals surface area contributed by atoms with Gasteiger partial charge in [0, 0.05) is 28.5 Å². The second-order valence-electron chi connectivity index (χ2n) is 7.47. The third-order valence-electron chi connectivity index (χ3n) is 5.51. The van der Waals surface area contributed by atoms with E-state index in [0.717, 1.165) is 15.3 Å². The Morgan fingerprint density at radius 1 is 1.07 bits per heavy atom. The summed E-state index contributed by atoms with van der Waals surface area (Å²) in [5.41, 5.74) is 4.65. The number of nitrogens with zero attached hydrogens (tertiary/aromatic N) is 2. The number of benzene rings is 2. The molecule has 0 spiro atoms. The van der Waals surface area contributed by atoms with Crippen LogP contribution in [-0.2, 0) is 9.84 Å². The molecule has 0 unspecified atom stereocenters. The first-order valence-electron chi connectivity index (χ1n) is 9.63. The fourth-order valence-corrected chi connectivity index (χ4v) is 7.13. The Morgan fingerprint density at radius 2 is 1.72 bits per heavy atom. The van der Waals surface area contributed by atoms with Crippen molar-refractivity contribution in [1.82, 2.24) is 4.98 Å². The Morgan fingerprint density at radius 3 is 2.38 bits per heavy atom. The van der Waals surface area contributed by atoms with Crippen LogP contribution in [0.3, 0.4) is 0 Å². The summed E-state index contributed by atoms with van der Waals surface area (Å²) in [6, 6.07) is 13.3. The Bertz CT molecular complexity index is 1110. The number of sulfone groups is 1. The predicted octanol–water partition coefficient (Wildman–Crippen LogP) is 5.63. The van der Waals surface area contributed by atoms with Gasteiger partial charge in [-0.05, 0) is 56.0 Å². The summed E-state index contributed by atoms with van der Waals surface area (Å²) in [5.74, 6) is 0. The number of aromatic nitrogens is 1. The average molecular weight is 491 g/mol. The van der Waals surface area contributed by atoms with E-state index in [2.05, 4.69) is 58.3 Å². The van der Waals surface area contributed by atoms with Crippen molar-refractivity contribution >= 4 is 42.2 Å². The molecule has 1 aromatic heterocycles. The molecule has 0 radical (unpaired) electrons. The van der Waals surface area contributed by atoms with E-state index >= 15 is 0 Å². The summed E-state index contributed by atoms with van der Waals surface area (Å²) in [7, 11) is -3.31. The Hall–Kier alpha value is -1.70. The number of anilines is 1. The first kappa shape index (κ1) is 20.6. The topological polar surface area (TPSA) is 50.3 Å². The second-order valence-corrected chi connectivity index (χ2v) is 11.5. The number of halogens is 1. The van der Waals surface area contributed by atoms with Gasteiger partial charge in [-0.1, -0.05) is 40.2 Å². The van der Waals surface area contributed by atoms with E-state index < -0.39 is 9.84 Å². The quantitative estimate of drug-likeness (QED) is 0.475. The van der Waals surface area contributed by atoms with Crippen LogP contribution in [0.15, 0.2) is 57.2 Å². The van der Waals surface area contributed by atoms with Crippen molar-refractivity contribution in [2.24, 2.45) is 0 Å². The summed E-state index contributed by atoms with van der Waals surface area (Å²) < 4.78 is 26.8. The second kappa shape index (κ2) is 8.20. The maximum Gasteiger partial charge on any atom is 0.185 e. The molecule has 1 saturated heterocycles. The van der Waals surface area contributed by atoms with Gasteiger partial charge >= 0.3 is 0 Å². The first-order chi connectivity index (χ1) is 13.9. The molecular weight excluding hydrogens is 468 g/mol. The molecule has 0 N–H and O–H groups in total. The van der Waals surface area contributed by atoms with Crippen LogP contribution in [0, 0.1) is 13.8 Å². The zero-order valence-electron chi connectivity index (χ0n) is 16.4. The first-order valence-corrected chi connectivity index (χ1v) is 12.8. The van der Waals surface area contributed by atoms with E-state index in [1.165, 1.54) is 16.7 Å². The molecule has 2 heterocycles. The maximum absolute atomic E-state index is 13.0. The molecule has 7 heteroatoms. The van der Waals surface area contributed by atoms with Crippen molar-refractivity contribution in [2.75, 3.05) is 18.0 Å². The lowest BCUT2D eigenvalue weighted by Crippen LogP contribution is -2.39.